The molecule has 0 amide bonds. The number of phenolic OH excluding ortho intramolecular Hbond substituents is 2. The lowest BCUT2D eigenvalue weighted by Gasteiger charge is -2.12. The van der Waals surface area contributed by atoms with Crippen LogP contribution in [0.15, 0.2) is 52.4 Å². The summed E-state index contributed by atoms with van der Waals surface area (Å²) < 4.78 is 1.54. The molecule has 5 rings (SSSR count). The Balaban J connectivity index is 1.57. The van der Waals surface area contributed by atoms with Gasteiger partial charge in [0.1, 0.15) is 4.83 Å². The van der Waals surface area contributed by atoms with Crippen molar-refractivity contribution in [2.75, 3.05) is 5.75 Å². The van der Waals surface area contributed by atoms with Crippen molar-refractivity contribution in [2.45, 2.75) is 24.4 Å². The second-order valence-corrected chi connectivity index (χ2v) is 9.93. The van der Waals surface area contributed by atoms with Crippen LogP contribution in [0.5, 0.6) is 11.5 Å². The predicted molar refractivity (Wildman–Crippen MR) is 127 cm³/mol. The summed E-state index contributed by atoms with van der Waals surface area (Å²) in [7, 11) is 0. The molecule has 2 N–H and O–H groups in total. The minimum Gasteiger partial charge on any atom is -0.504 e. The smallest absolute Gasteiger partial charge is 0.267 e. The molecule has 1 aliphatic carbocycles. The van der Waals surface area contributed by atoms with Gasteiger partial charge in [0.15, 0.2) is 22.4 Å². The van der Waals surface area contributed by atoms with Gasteiger partial charge in [-0.15, -0.1) is 11.3 Å². The molecular weight excluding hydrogens is 468 g/mol. The van der Waals surface area contributed by atoms with Crippen LogP contribution in [-0.4, -0.2) is 31.3 Å². The molecule has 162 valence electrons. The summed E-state index contributed by atoms with van der Waals surface area (Å²) in [4.78, 5) is 33.0. The normalized spacial score (nSPS) is 12.9. The predicted octanol–water partition coefficient (Wildman–Crippen LogP) is 4.98. The first kappa shape index (κ1) is 21.1. The number of thioether (sulfide) groups is 1. The standard InChI is InChI=1S/C23H17ClN2O4S2/c24-13-5-7-14(8-6-13)26-22(30)20-15-2-1-3-19(15)32-21(20)25-23(26)31-11-18(29)12-4-9-16(27)17(28)10-12/h4-10,27-28H,1-3,11H2. The average Bonchev–Trinajstić information content (AvgIpc) is 3.36. The van der Waals surface area contributed by atoms with Gasteiger partial charge in [-0.25, -0.2) is 4.98 Å². The molecular formula is C23H17ClN2O4S2. The molecule has 1 aliphatic rings. The fourth-order valence-corrected chi connectivity index (χ4v) is 6.19. The monoisotopic (exact) mass is 484 g/mol. The molecule has 0 unspecified atom stereocenters. The highest BCUT2D eigenvalue weighted by Gasteiger charge is 2.24. The minimum absolute atomic E-state index is 0.0147. The van der Waals surface area contributed by atoms with E-state index in [0.717, 1.165) is 36.6 Å². The van der Waals surface area contributed by atoms with Crippen LogP contribution in [0.25, 0.3) is 15.9 Å². The maximum absolute atomic E-state index is 13.6. The van der Waals surface area contributed by atoms with Crippen LogP contribution in [0.4, 0.5) is 0 Å². The van der Waals surface area contributed by atoms with E-state index in [1.807, 2.05) is 0 Å². The van der Waals surface area contributed by atoms with E-state index in [-0.39, 0.29) is 34.2 Å². The molecule has 0 saturated heterocycles. The highest BCUT2D eigenvalue weighted by molar-refractivity contribution is 7.99. The number of thiophene rings is 1. The molecule has 0 radical (unpaired) electrons. The first-order valence-electron chi connectivity index (χ1n) is 9.93. The van der Waals surface area contributed by atoms with Crippen LogP contribution in [0.2, 0.25) is 5.02 Å². The van der Waals surface area contributed by atoms with Gasteiger partial charge in [0.2, 0.25) is 0 Å². The third-order valence-corrected chi connectivity index (χ3v) is 7.80. The van der Waals surface area contributed by atoms with E-state index < -0.39 is 0 Å². The number of Topliss-reactive ketones (excluding diaryl/α,β-unsaturated/α-hetero) is 1. The molecule has 0 aliphatic heterocycles. The lowest BCUT2D eigenvalue weighted by atomic mass is 10.1. The number of aryl methyl sites for hydroxylation is 2. The average molecular weight is 485 g/mol. The molecule has 0 fully saturated rings. The van der Waals surface area contributed by atoms with Gasteiger partial charge in [0.25, 0.3) is 5.56 Å². The number of rotatable bonds is 5. The van der Waals surface area contributed by atoms with Crippen LogP contribution in [0, 0.1) is 0 Å². The number of fused-ring (bicyclic) bond motifs is 3. The fourth-order valence-electron chi connectivity index (χ4n) is 3.85. The maximum Gasteiger partial charge on any atom is 0.267 e. The molecule has 0 spiro atoms. The third-order valence-electron chi connectivity index (χ3n) is 5.42. The third kappa shape index (κ3) is 3.68. The van der Waals surface area contributed by atoms with Crippen molar-refractivity contribution in [1.29, 1.82) is 0 Å². The fraction of sp³-hybridized carbons (Fsp3) is 0.174. The van der Waals surface area contributed by atoms with Crippen LogP contribution in [0.1, 0.15) is 27.2 Å². The van der Waals surface area contributed by atoms with E-state index in [0.29, 0.717) is 26.1 Å². The van der Waals surface area contributed by atoms with Gasteiger partial charge in [-0.05, 0) is 67.3 Å². The van der Waals surface area contributed by atoms with E-state index in [1.54, 1.807) is 35.6 Å². The zero-order chi connectivity index (χ0) is 22.4. The molecule has 9 heteroatoms. The Kier molecular flexibility index (Phi) is 5.44. The Morgan fingerprint density at radius 3 is 2.66 bits per heavy atom. The van der Waals surface area contributed by atoms with E-state index in [1.165, 1.54) is 27.6 Å². The second kappa shape index (κ2) is 8.27. The van der Waals surface area contributed by atoms with E-state index >= 15 is 0 Å². The van der Waals surface area contributed by atoms with Gasteiger partial charge < -0.3 is 10.2 Å². The summed E-state index contributed by atoms with van der Waals surface area (Å²) >= 11 is 8.75. The number of carbonyl (C=O) groups excluding carboxylic acids is 1. The van der Waals surface area contributed by atoms with Crippen molar-refractivity contribution < 1.29 is 15.0 Å². The van der Waals surface area contributed by atoms with Crippen LogP contribution < -0.4 is 5.56 Å². The van der Waals surface area contributed by atoms with Gasteiger partial charge >= 0.3 is 0 Å². The molecule has 2 aromatic carbocycles. The molecule has 32 heavy (non-hydrogen) atoms. The van der Waals surface area contributed by atoms with Gasteiger partial charge in [-0.1, -0.05) is 23.4 Å². The second-order valence-electron chi connectivity index (χ2n) is 7.46. The number of carbonyl (C=O) groups is 1. The van der Waals surface area contributed by atoms with Crippen molar-refractivity contribution in [2.24, 2.45) is 0 Å². The number of aromatic nitrogens is 2. The number of hydrogen-bond donors (Lipinski definition) is 2. The van der Waals surface area contributed by atoms with E-state index in [4.69, 9.17) is 16.6 Å². The maximum atomic E-state index is 13.6. The molecule has 0 atom stereocenters. The van der Waals surface area contributed by atoms with E-state index in [9.17, 15) is 19.8 Å². The minimum atomic E-state index is -0.355. The van der Waals surface area contributed by atoms with Crippen LogP contribution in [-0.2, 0) is 12.8 Å². The SMILES string of the molecule is O=C(CSc1nc2sc3c(c2c(=O)n1-c1ccc(Cl)cc1)CCC3)c1ccc(O)c(O)c1. The Labute approximate surface area is 196 Å². The molecule has 2 heterocycles. The highest BCUT2D eigenvalue weighted by atomic mass is 35.5. The van der Waals surface area contributed by atoms with Crippen molar-refractivity contribution >= 4 is 50.7 Å². The Bertz CT molecular complexity index is 1430. The number of aromatic hydroxyl groups is 2. The number of halogens is 1. The first-order valence-corrected chi connectivity index (χ1v) is 12.1. The summed E-state index contributed by atoms with van der Waals surface area (Å²) in [6, 6.07) is 10.9. The largest absolute Gasteiger partial charge is 0.504 e. The number of nitrogens with zero attached hydrogens (tertiary/aromatic N) is 2. The quantitative estimate of drug-likeness (QED) is 0.180. The topological polar surface area (TPSA) is 92.4 Å². The van der Waals surface area contributed by atoms with Gasteiger partial charge in [0.05, 0.1) is 16.8 Å². The molecule has 0 bridgehead atoms. The molecule has 0 saturated carbocycles. The van der Waals surface area contributed by atoms with Crippen LogP contribution in [0.3, 0.4) is 0 Å². The molecule has 2 aromatic heterocycles. The lowest BCUT2D eigenvalue weighted by molar-refractivity contribution is 0.102. The summed E-state index contributed by atoms with van der Waals surface area (Å²) in [5, 5.41) is 20.8. The summed E-state index contributed by atoms with van der Waals surface area (Å²) in [5.41, 5.74) is 1.85. The van der Waals surface area contributed by atoms with Crippen LogP contribution >= 0.6 is 34.7 Å². The number of benzene rings is 2. The Morgan fingerprint density at radius 2 is 1.91 bits per heavy atom. The summed E-state index contributed by atoms with van der Waals surface area (Å²) in [5.74, 6) is -0.882. The van der Waals surface area contributed by atoms with Crippen molar-refractivity contribution in [1.82, 2.24) is 9.55 Å². The highest BCUT2D eigenvalue weighted by Crippen LogP contribution is 2.36. The molecule has 6 nitrogen and oxygen atoms in total. The van der Waals surface area contributed by atoms with Gasteiger partial charge in [-0.2, -0.15) is 0 Å². The Hall–Kier alpha value is -2.81. The van der Waals surface area contributed by atoms with Crippen molar-refractivity contribution in [3.05, 3.63) is 73.8 Å². The van der Waals surface area contributed by atoms with Gasteiger partial charge in [0, 0.05) is 15.5 Å². The first-order chi connectivity index (χ1) is 15.4. The number of ketones is 1. The zero-order valence-corrected chi connectivity index (χ0v) is 19.1. The van der Waals surface area contributed by atoms with Gasteiger partial charge in [-0.3, -0.25) is 14.2 Å². The number of phenols is 2. The van der Waals surface area contributed by atoms with E-state index in [2.05, 4.69) is 0 Å². The lowest BCUT2D eigenvalue weighted by Crippen LogP contribution is -2.22. The van der Waals surface area contributed by atoms with Crippen molar-refractivity contribution in [3.8, 4) is 17.2 Å². The summed E-state index contributed by atoms with van der Waals surface area (Å²) in [6.07, 6.45) is 2.88. The molecule has 4 aromatic rings. The van der Waals surface area contributed by atoms with Crippen molar-refractivity contribution in [3.63, 3.8) is 0 Å². The summed E-state index contributed by atoms with van der Waals surface area (Å²) in [6.45, 7) is 0. The Morgan fingerprint density at radius 1 is 1.12 bits per heavy atom. The number of hydrogen-bond acceptors (Lipinski definition) is 7. The zero-order valence-electron chi connectivity index (χ0n) is 16.7.